The molecule has 0 bridgehead atoms. The summed E-state index contributed by atoms with van der Waals surface area (Å²) in [6.45, 7) is 11.0. The summed E-state index contributed by atoms with van der Waals surface area (Å²) in [4.78, 5) is 89.9. The Labute approximate surface area is 485 Å². The van der Waals surface area contributed by atoms with Gasteiger partial charge >= 0.3 is 30.0 Å². The van der Waals surface area contributed by atoms with Crippen LogP contribution in [0.4, 0.5) is 42.1 Å². The van der Waals surface area contributed by atoms with Gasteiger partial charge in [-0.3, -0.25) is 33.6 Å². The van der Waals surface area contributed by atoms with Crippen molar-refractivity contribution in [1.82, 2.24) is 34.9 Å². The standard InChI is InChI=1S/C56H66FN9O5.2C2HF3O2/c1-35-8-12-41(60-48-33-58-32-47(48)57)30-46(35)53(68)59-36(2)43-14-11-39(44-6-4-5-7-45(43)44)10-9-37-18-24-63(25-19-37)34-38-20-26-65(27-21-38)55(70)40-22-28-64(29-23-40)42-13-15-49-51(31-42)62(3)56(71)66(49)50-16-17-52(67)61-54(50)69;2*3-2(4,5)1(6)7/h4-8,11-15,30-31,36-38,40,47-48,50,58,60H,16-29,32-34H2,1-3H3,(H,59,68)(H,61,67,69);2*(H,6,7)/t36-,47-,48+,50?;;/m1../s1. The van der Waals surface area contributed by atoms with Crippen molar-refractivity contribution in [2.75, 3.05) is 69.1 Å². The second-order valence-corrected chi connectivity index (χ2v) is 22.2. The number of amides is 4. The number of imidazole rings is 1. The molecule has 1 aromatic heterocycles. The van der Waals surface area contributed by atoms with E-state index in [1.165, 1.54) is 4.57 Å². The van der Waals surface area contributed by atoms with Gasteiger partial charge in [0.2, 0.25) is 17.7 Å². The van der Waals surface area contributed by atoms with Gasteiger partial charge in [0.05, 0.1) is 23.1 Å². The van der Waals surface area contributed by atoms with Gasteiger partial charge < -0.3 is 40.9 Å². The lowest BCUT2D eigenvalue weighted by Crippen LogP contribution is -2.47. The highest BCUT2D eigenvalue weighted by atomic mass is 19.4. The number of carbonyl (C=O) groups is 6. The van der Waals surface area contributed by atoms with Gasteiger partial charge in [0.15, 0.2) is 0 Å². The number of likely N-dealkylation sites (tertiary alicyclic amines) is 2. The SMILES string of the molecule is Cc1ccc(N[C@H]2CNC[C@H]2F)cc1C(=O)N[C@H](C)c1ccc(C#CC2CCN(CC3CCN(C(=O)C4CCN(c5ccc6c(c5)n(C)c(=O)n6C5CCC(=O)NC5=O)CC4)CC3)CC2)c2ccccc12.O=C(O)C(F)(F)F.O=C(O)C(F)(F)F. The van der Waals surface area contributed by atoms with E-state index in [1.807, 2.05) is 62.4 Å². The van der Waals surface area contributed by atoms with Crippen LogP contribution in [-0.2, 0) is 31.0 Å². The van der Waals surface area contributed by atoms with Crippen LogP contribution < -0.4 is 31.9 Å². The van der Waals surface area contributed by atoms with Crippen LogP contribution in [0.25, 0.3) is 21.8 Å². The number of hydrogen-bond acceptors (Lipinski definition) is 11. The predicted octanol–water partition coefficient (Wildman–Crippen LogP) is 7.48. The molecule has 6 heterocycles. The number of piperidine rings is 4. The second-order valence-electron chi connectivity index (χ2n) is 22.2. The summed E-state index contributed by atoms with van der Waals surface area (Å²) in [5.41, 5.74) is 6.29. The van der Waals surface area contributed by atoms with E-state index in [0.717, 1.165) is 129 Å². The predicted molar refractivity (Wildman–Crippen MR) is 302 cm³/mol. The van der Waals surface area contributed by atoms with Crippen molar-refractivity contribution >= 4 is 68.7 Å². The first-order valence-corrected chi connectivity index (χ1v) is 28.2. The molecular formula is C60H68F7N9O9. The molecule has 0 radical (unpaired) electrons. The van der Waals surface area contributed by atoms with E-state index in [0.29, 0.717) is 42.4 Å². The Hall–Kier alpha value is -7.98. The number of nitrogens with one attached hydrogen (secondary N) is 4. The molecule has 456 valence electrons. The Morgan fingerprint density at radius 2 is 1.41 bits per heavy atom. The maximum atomic E-state index is 14.3. The molecule has 4 amide bonds. The van der Waals surface area contributed by atoms with Crippen molar-refractivity contribution in [3.8, 4) is 11.8 Å². The van der Waals surface area contributed by atoms with Crippen molar-refractivity contribution in [3.05, 3.63) is 106 Å². The molecule has 1 unspecified atom stereocenters. The highest BCUT2D eigenvalue weighted by molar-refractivity contribution is 6.00. The lowest BCUT2D eigenvalue weighted by atomic mass is 9.90. The molecule has 0 saturated carbocycles. The molecule has 18 nitrogen and oxygen atoms in total. The lowest BCUT2D eigenvalue weighted by molar-refractivity contribution is -0.193. The van der Waals surface area contributed by atoms with Gasteiger partial charge in [-0.2, -0.15) is 26.3 Å². The van der Waals surface area contributed by atoms with Crippen molar-refractivity contribution in [2.24, 2.45) is 24.8 Å². The van der Waals surface area contributed by atoms with E-state index in [9.17, 15) is 54.7 Å². The topological polar surface area (TPSA) is 228 Å². The number of fused-ring (bicyclic) bond motifs is 2. The van der Waals surface area contributed by atoms with Crippen molar-refractivity contribution in [3.63, 3.8) is 0 Å². The van der Waals surface area contributed by atoms with Crippen LogP contribution >= 0.6 is 0 Å². The number of imide groups is 1. The molecule has 25 heteroatoms. The Bertz CT molecular complexity index is 3400. The van der Waals surface area contributed by atoms with Crippen LogP contribution in [0.1, 0.15) is 97.4 Å². The van der Waals surface area contributed by atoms with Gasteiger partial charge in [0.1, 0.15) is 12.2 Å². The Morgan fingerprint density at radius 3 is 2.02 bits per heavy atom. The van der Waals surface area contributed by atoms with Crippen molar-refractivity contribution in [2.45, 2.75) is 102 Å². The Kier molecular flexibility index (Phi) is 20.0. The fraction of sp³-hybridized carbons (Fsp3) is 0.483. The zero-order valence-electron chi connectivity index (χ0n) is 47.1. The summed E-state index contributed by atoms with van der Waals surface area (Å²) in [5.74, 6) is 1.92. The smallest absolute Gasteiger partial charge is 0.475 e. The van der Waals surface area contributed by atoms with E-state index in [4.69, 9.17) is 19.8 Å². The van der Waals surface area contributed by atoms with Gasteiger partial charge in [-0.05, 0) is 136 Å². The number of aliphatic carboxylic acids is 2. The summed E-state index contributed by atoms with van der Waals surface area (Å²) >= 11 is 0. The normalized spacial score (nSPS) is 20.5. The number of anilines is 2. The molecule has 85 heavy (non-hydrogen) atoms. The first-order valence-electron chi connectivity index (χ1n) is 28.2. The van der Waals surface area contributed by atoms with Gasteiger partial charge in [-0.25, -0.2) is 18.8 Å². The first kappa shape index (κ1) is 63.1. The number of rotatable bonds is 10. The molecule has 5 aliphatic heterocycles. The van der Waals surface area contributed by atoms with Crippen LogP contribution in [0.5, 0.6) is 0 Å². The summed E-state index contributed by atoms with van der Waals surface area (Å²) in [6, 6.07) is 22.7. The minimum absolute atomic E-state index is 0.00693. The summed E-state index contributed by atoms with van der Waals surface area (Å²) in [7, 11) is 1.71. The maximum Gasteiger partial charge on any atom is 0.490 e. The van der Waals surface area contributed by atoms with Crippen LogP contribution in [0.3, 0.4) is 0 Å². The zero-order valence-corrected chi connectivity index (χ0v) is 47.1. The van der Waals surface area contributed by atoms with Crippen LogP contribution in [0, 0.1) is 36.5 Å². The Morgan fingerprint density at radius 1 is 0.765 bits per heavy atom. The third-order valence-electron chi connectivity index (χ3n) is 16.5. The third kappa shape index (κ3) is 15.5. The Balaban J connectivity index is 0.000000600. The molecular weight excluding hydrogens is 1120 g/mol. The summed E-state index contributed by atoms with van der Waals surface area (Å²) < 4.78 is 80.8. The molecule has 4 atom stereocenters. The molecule has 0 aliphatic carbocycles. The molecule has 5 aliphatic rings. The van der Waals surface area contributed by atoms with Gasteiger partial charge in [0, 0.05) is 93.6 Å². The first-order chi connectivity index (χ1) is 40.3. The van der Waals surface area contributed by atoms with Gasteiger partial charge in [-0.1, -0.05) is 48.2 Å². The number of carbonyl (C=O) groups excluding carboxylic acids is 4. The third-order valence-corrected chi connectivity index (χ3v) is 16.5. The van der Waals surface area contributed by atoms with Crippen molar-refractivity contribution < 1.29 is 69.7 Å². The van der Waals surface area contributed by atoms with E-state index in [2.05, 4.69) is 72.1 Å². The lowest BCUT2D eigenvalue weighted by Gasteiger charge is -2.39. The zero-order chi connectivity index (χ0) is 61.5. The highest BCUT2D eigenvalue weighted by Crippen LogP contribution is 2.33. The van der Waals surface area contributed by atoms with E-state index >= 15 is 0 Å². The number of carboxylic acid groups (broad SMARTS) is 2. The largest absolute Gasteiger partial charge is 0.490 e. The summed E-state index contributed by atoms with van der Waals surface area (Å²) in [5, 5.41) is 28.3. The van der Waals surface area contributed by atoms with E-state index < -0.39 is 42.4 Å². The minimum atomic E-state index is -5.08. The molecule has 10 rings (SSSR count). The molecule has 5 saturated heterocycles. The maximum absolute atomic E-state index is 14.3. The van der Waals surface area contributed by atoms with Gasteiger partial charge in [-0.15, -0.1) is 0 Å². The highest BCUT2D eigenvalue weighted by Gasteiger charge is 2.39. The monoisotopic (exact) mass is 1190 g/mol. The fourth-order valence-electron chi connectivity index (χ4n) is 11.7. The second kappa shape index (κ2) is 26.9. The minimum Gasteiger partial charge on any atom is -0.475 e. The van der Waals surface area contributed by atoms with E-state index in [1.54, 1.807) is 11.6 Å². The fourth-order valence-corrected chi connectivity index (χ4v) is 11.7. The van der Waals surface area contributed by atoms with Crippen LogP contribution in [0.2, 0.25) is 0 Å². The molecule has 5 fully saturated rings. The number of aromatic nitrogens is 2. The average Bonchev–Trinajstić information content (AvgIpc) is 2.30. The van der Waals surface area contributed by atoms with Crippen LogP contribution in [-0.4, -0.2) is 148 Å². The van der Waals surface area contributed by atoms with Crippen molar-refractivity contribution in [1.29, 1.82) is 0 Å². The number of carboxylic acids is 2. The molecule has 6 N–H and O–H groups in total. The number of halogens is 7. The van der Waals surface area contributed by atoms with Gasteiger partial charge in [0.25, 0.3) is 5.91 Å². The average molecular weight is 1190 g/mol. The number of benzene rings is 4. The quantitative estimate of drug-likeness (QED) is 0.0454. The van der Waals surface area contributed by atoms with Crippen LogP contribution in [0.15, 0.2) is 77.6 Å². The molecule has 5 aromatic rings. The number of alkyl halides is 7. The molecule has 0 spiro atoms. The number of aryl methyl sites for hydroxylation is 2. The number of hydrogen-bond donors (Lipinski definition) is 6. The molecule has 4 aromatic carbocycles. The summed E-state index contributed by atoms with van der Waals surface area (Å²) in [6.07, 6.45) is -4.96. The number of nitrogens with zero attached hydrogens (tertiary/aromatic N) is 5. The van der Waals surface area contributed by atoms with E-state index in [-0.39, 0.29) is 47.8 Å².